The molecule has 118 valence electrons. The van der Waals surface area contributed by atoms with Gasteiger partial charge in [0.2, 0.25) is 0 Å². The molecule has 2 aliphatic rings. The molecule has 0 saturated heterocycles. The van der Waals surface area contributed by atoms with Crippen LogP contribution in [0.2, 0.25) is 0 Å². The van der Waals surface area contributed by atoms with Crippen molar-refractivity contribution in [3.63, 3.8) is 0 Å². The van der Waals surface area contributed by atoms with Gasteiger partial charge in [-0.05, 0) is 63.5 Å². The van der Waals surface area contributed by atoms with Gasteiger partial charge in [0.15, 0.2) is 0 Å². The lowest BCUT2D eigenvalue weighted by Gasteiger charge is -2.24. The molecule has 2 aliphatic carbocycles. The summed E-state index contributed by atoms with van der Waals surface area (Å²) in [6.45, 7) is 5.74. The van der Waals surface area contributed by atoms with Crippen LogP contribution in [0.4, 0.5) is 0 Å². The summed E-state index contributed by atoms with van der Waals surface area (Å²) in [5.41, 5.74) is 1.80. The zero-order chi connectivity index (χ0) is 14.7. The molecule has 0 bridgehead atoms. The van der Waals surface area contributed by atoms with E-state index < -0.39 is 0 Å². The first-order chi connectivity index (χ1) is 10.2. The molecule has 1 heterocycles. The zero-order valence-corrected chi connectivity index (χ0v) is 13.8. The number of hydrogen-bond donors (Lipinski definition) is 1. The minimum Gasteiger partial charge on any atom is -0.314 e. The van der Waals surface area contributed by atoms with Gasteiger partial charge in [-0.25, -0.2) is 0 Å². The third kappa shape index (κ3) is 3.50. The van der Waals surface area contributed by atoms with Crippen molar-refractivity contribution in [1.82, 2.24) is 15.1 Å². The molecule has 3 nitrogen and oxygen atoms in total. The lowest BCUT2D eigenvalue weighted by molar-refractivity contribution is 0.321. The Kier molecular flexibility index (Phi) is 4.68. The van der Waals surface area contributed by atoms with Crippen molar-refractivity contribution in [3.05, 3.63) is 18.0 Å². The van der Waals surface area contributed by atoms with Crippen LogP contribution in [0.3, 0.4) is 0 Å². The first-order valence-corrected chi connectivity index (χ1v) is 9.01. The summed E-state index contributed by atoms with van der Waals surface area (Å²) in [4.78, 5) is 0. The summed E-state index contributed by atoms with van der Waals surface area (Å²) >= 11 is 0. The van der Waals surface area contributed by atoms with E-state index in [1.165, 1.54) is 57.1 Å². The van der Waals surface area contributed by atoms with Crippen molar-refractivity contribution in [2.45, 2.75) is 83.7 Å². The Bertz CT molecular complexity index is 441. The van der Waals surface area contributed by atoms with Crippen molar-refractivity contribution in [1.29, 1.82) is 0 Å². The average molecular weight is 289 g/mol. The largest absolute Gasteiger partial charge is 0.314 e. The molecular formula is C18H31N3. The maximum Gasteiger partial charge on any atom is 0.0630 e. The molecule has 21 heavy (non-hydrogen) atoms. The third-order valence-corrected chi connectivity index (χ3v) is 5.66. The van der Waals surface area contributed by atoms with Crippen molar-refractivity contribution in [3.8, 4) is 0 Å². The Morgan fingerprint density at radius 2 is 2.10 bits per heavy atom. The van der Waals surface area contributed by atoms with Crippen LogP contribution >= 0.6 is 0 Å². The van der Waals surface area contributed by atoms with Crippen LogP contribution in [-0.4, -0.2) is 22.4 Å². The lowest BCUT2D eigenvalue weighted by atomic mass is 9.92. The molecule has 2 fully saturated rings. The van der Waals surface area contributed by atoms with Crippen molar-refractivity contribution >= 4 is 0 Å². The van der Waals surface area contributed by atoms with Crippen LogP contribution in [0, 0.1) is 5.41 Å². The van der Waals surface area contributed by atoms with Crippen LogP contribution in [0.5, 0.6) is 0 Å². The fraction of sp³-hybridized carbons (Fsp3) is 0.833. The second-order valence-corrected chi connectivity index (χ2v) is 7.29. The fourth-order valence-corrected chi connectivity index (χ4v) is 3.88. The maximum atomic E-state index is 4.91. The van der Waals surface area contributed by atoms with Gasteiger partial charge in [0.1, 0.15) is 0 Å². The van der Waals surface area contributed by atoms with Gasteiger partial charge in [0.25, 0.3) is 0 Å². The first-order valence-electron chi connectivity index (χ1n) is 9.01. The van der Waals surface area contributed by atoms with Crippen molar-refractivity contribution in [2.75, 3.05) is 6.54 Å². The van der Waals surface area contributed by atoms with Crippen LogP contribution in [0.15, 0.2) is 12.3 Å². The van der Waals surface area contributed by atoms with E-state index in [1.807, 2.05) is 0 Å². The normalized spacial score (nSPS) is 23.1. The van der Waals surface area contributed by atoms with Gasteiger partial charge in [-0.1, -0.05) is 26.2 Å². The Hall–Kier alpha value is -0.830. The second kappa shape index (κ2) is 6.51. The predicted octanol–water partition coefficient (Wildman–Crippen LogP) is 4.10. The van der Waals surface area contributed by atoms with Gasteiger partial charge >= 0.3 is 0 Å². The van der Waals surface area contributed by atoms with E-state index in [1.54, 1.807) is 0 Å². The summed E-state index contributed by atoms with van der Waals surface area (Å²) < 4.78 is 2.26. The van der Waals surface area contributed by atoms with E-state index in [0.29, 0.717) is 17.5 Å². The van der Waals surface area contributed by atoms with Crippen LogP contribution in [0.25, 0.3) is 0 Å². The Morgan fingerprint density at radius 1 is 1.33 bits per heavy atom. The molecule has 1 aromatic rings. The molecule has 0 aliphatic heterocycles. The zero-order valence-electron chi connectivity index (χ0n) is 13.8. The molecule has 2 saturated carbocycles. The summed E-state index contributed by atoms with van der Waals surface area (Å²) in [7, 11) is 0. The molecule has 1 atom stereocenters. The van der Waals surface area contributed by atoms with Crippen molar-refractivity contribution in [2.24, 2.45) is 5.41 Å². The molecule has 3 heteroatoms. The van der Waals surface area contributed by atoms with Gasteiger partial charge in [0.05, 0.1) is 11.7 Å². The SMILES string of the molecule is CCCNC(C)C1(Cc2ccn(C3CCCCC3)n2)CC1. The molecule has 0 aromatic carbocycles. The number of nitrogens with zero attached hydrogens (tertiary/aromatic N) is 2. The Morgan fingerprint density at radius 3 is 2.76 bits per heavy atom. The molecule has 0 spiro atoms. The molecule has 1 aromatic heterocycles. The van der Waals surface area contributed by atoms with Gasteiger partial charge in [-0.3, -0.25) is 4.68 Å². The molecule has 0 amide bonds. The summed E-state index contributed by atoms with van der Waals surface area (Å²) in [5.74, 6) is 0. The summed E-state index contributed by atoms with van der Waals surface area (Å²) in [6, 6.07) is 3.55. The van der Waals surface area contributed by atoms with E-state index >= 15 is 0 Å². The number of nitrogens with one attached hydrogen (secondary N) is 1. The molecule has 0 radical (unpaired) electrons. The van der Waals surface area contributed by atoms with Gasteiger partial charge in [-0.15, -0.1) is 0 Å². The third-order valence-electron chi connectivity index (χ3n) is 5.66. The lowest BCUT2D eigenvalue weighted by Crippen LogP contribution is -2.36. The minimum absolute atomic E-state index is 0.487. The predicted molar refractivity (Wildman–Crippen MR) is 87.5 cm³/mol. The van der Waals surface area contributed by atoms with E-state index in [2.05, 4.69) is 36.1 Å². The van der Waals surface area contributed by atoms with Gasteiger partial charge in [-0.2, -0.15) is 5.10 Å². The van der Waals surface area contributed by atoms with E-state index in [9.17, 15) is 0 Å². The first kappa shape index (κ1) is 15.1. The van der Waals surface area contributed by atoms with Crippen LogP contribution in [0.1, 0.15) is 76.9 Å². The smallest absolute Gasteiger partial charge is 0.0630 e. The summed E-state index contributed by atoms with van der Waals surface area (Å²) in [6.07, 6.45) is 14.1. The topological polar surface area (TPSA) is 29.9 Å². The Labute approximate surface area is 129 Å². The highest BCUT2D eigenvalue weighted by Crippen LogP contribution is 2.51. The van der Waals surface area contributed by atoms with Crippen LogP contribution < -0.4 is 5.32 Å². The molecular weight excluding hydrogens is 258 g/mol. The quantitative estimate of drug-likeness (QED) is 0.819. The monoisotopic (exact) mass is 289 g/mol. The van der Waals surface area contributed by atoms with Gasteiger partial charge in [0, 0.05) is 12.2 Å². The second-order valence-electron chi connectivity index (χ2n) is 7.29. The highest BCUT2D eigenvalue weighted by atomic mass is 15.3. The number of hydrogen-bond acceptors (Lipinski definition) is 2. The maximum absolute atomic E-state index is 4.91. The van der Waals surface area contributed by atoms with Crippen molar-refractivity contribution < 1.29 is 0 Å². The van der Waals surface area contributed by atoms with Crippen LogP contribution in [-0.2, 0) is 6.42 Å². The van der Waals surface area contributed by atoms with Gasteiger partial charge < -0.3 is 5.32 Å². The highest BCUT2D eigenvalue weighted by Gasteiger charge is 2.47. The molecule has 1 N–H and O–H groups in total. The number of aromatic nitrogens is 2. The van der Waals surface area contributed by atoms with E-state index in [-0.39, 0.29) is 0 Å². The average Bonchev–Trinajstić information content (AvgIpc) is 3.15. The van der Waals surface area contributed by atoms with E-state index in [0.717, 1.165) is 13.0 Å². The molecule has 1 unspecified atom stereocenters. The summed E-state index contributed by atoms with van der Waals surface area (Å²) in [5, 5.41) is 8.60. The highest BCUT2D eigenvalue weighted by molar-refractivity contribution is 5.11. The minimum atomic E-state index is 0.487. The number of rotatable bonds is 7. The van der Waals surface area contributed by atoms with E-state index in [4.69, 9.17) is 5.10 Å². The Balaban J connectivity index is 1.59. The fourth-order valence-electron chi connectivity index (χ4n) is 3.88. The standard InChI is InChI=1S/C18H31N3/c1-3-12-19-15(2)18(10-11-18)14-16-9-13-21(20-16)17-7-5-4-6-8-17/h9,13,15,17,19H,3-8,10-12,14H2,1-2H3. The molecule has 3 rings (SSSR count).